The van der Waals surface area contributed by atoms with E-state index in [0.717, 1.165) is 0 Å². The van der Waals surface area contributed by atoms with Gasteiger partial charge in [0.2, 0.25) is 0 Å². The summed E-state index contributed by atoms with van der Waals surface area (Å²) in [6, 6.07) is 0. The molecule has 16 heavy (non-hydrogen) atoms. The van der Waals surface area contributed by atoms with Gasteiger partial charge >= 0.3 is 113 Å². The molecular formula is C12H23O3Sn. The van der Waals surface area contributed by atoms with E-state index in [1.807, 2.05) is 47.6 Å². The third-order valence-electron chi connectivity index (χ3n) is 1.41. The molecule has 0 saturated carbocycles. The van der Waals surface area contributed by atoms with Crippen molar-refractivity contribution >= 4 is 22.5 Å². The van der Waals surface area contributed by atoms with E-state index in [9.17, 15) is 0 Å². The first kappa shape index (κ1) is 16.1. The molecule has 0 aliphatic carbocycles. The van der Waals surface area contributed by atoms with E-state index in [1.165, 1.54) is 22.5 Å². The van der Waals surface area contributed by atoms with Crippen molar-refractivity contribution in [3.63, 3.8) is 0 Å². The van der Waals surface area contributed by atoms with Gasteiger partial charge in [0.1, 0.15) is 0 Å². The van der Waals surface area contributed by atoms with E-state index >= 15 is 0 Å². The van der Waals surface area contributed by atoms with Gasteiger partial charge in [0.25, 0.3) is 0 Å². The number of hydrogen-bond acceptors (Lipinski definition) is 3. The molecule has 93 valence electrons. The van der Waals surface area contributed by atoms with Crippen molar-refractivity contribution in [1.82, 2.24) is 0 Å². The molecule has 0 fully saturated rings. The van der Waals surface area contributed by atoms with Gasteiger partial charge in [0, 0.05) is 0 Å². The van der Waals surface area contributed by atoms with Crippen LogP contribution in [0.5, 0.6) is 0 Å². The van der Waals surface area contributed by atoms with Crippen LogP contribution in [0.2, 0.25) is 0 Å². The molecule has 0 heterocycles. The van der Waals surface area contributed by atoms with Gasteiger partial charge in [-0.2, -0.15) is 0 Å². The Kier molecular flexibility index (Phi) is 8.28. The first-order valence-corrected chi connectivity index (χ1v) is 7.37. The fraction of sp³-hybridized carbons (Fsp3) is 0.833. The minimum absolute atomic E-state index is 0.0831. The maximum absolute atomic E-state index is 5.65. The number of ether oxygens (including phenoxy) is 3. The van der Waals surface area contributed by atoms with Crippen LogP contribution >= 0.6 is 0 Å². The molecule has 4 heteroatoms. The van der Waals surface area contributed by atoms with E-state index in [4.69, 9.17) is 14.2 Å². The molecule has 0 aliphatic rings. The predicted octanol–water partition coefficient (Wildman–Crippen LogP) is 2.60. The van der Waals surface area contributed by atoms with Gasteiger partial charge in [-0.3, -0.25) is 0 Å². The van der Waals surface area contributed by atoms with Crippen LogP contribution in [0.25, 0.3) is 0 Å². The van der Waals surface area contributed by atoms with Crippen molar-refractivity contribution in [3.8, 4) is 0 Å². The molecule has 0 N–H and O–H groups in total. The van der Waals surface area contributed by atoms with Gasteiger partial charge in [0.05, 0.1) is 0 Å². The second kappa shape index (κ2) is 8.23. The Bertz CT molecular complexity index is 200. The Morgan fingerprint density at radius 1 is 0.875 bits per heavy atom. The Hall–Kier alpha value is 0.0987. The van der Waals surface area contributed by atoms with Gasteiger partial charge in [-0.05, 0) is 0 Å². The fourth-order valence-corrected chi connectivity index (χ4v) is 2.19. The summed E-state index contributed by atoms with van der Waals surface area (Å²) in [5.41, 5.74) is 0. The molecule has 0 rings (SSSR count). The summed E-state index contributed by atoms with van der Waals surface area (Å²) in [5.74, 6) is 0.576. The number of hydrogen-bond donors (Lipinski definition) is 0. The van der Waals surface area contributed by atoms with Crippen molar-refractivity contribution in [3.05, 3.63) is 12.0 Å². The Morgan fingerprint density at radius 2 is 1.31 bits per heavy atom. The van der Waals surface area contributed by atoms with Crippen molar-refractivity contribution in [2.45, 2.75) is 64.0 Å². The topological polar surface area (TPSA) is 27.7 Å². The zero-order valence-electron chi connectivity index (χ0n) is 11.1. The molecular weight excluding hydrogens is 311 g/mol. The Balaban J connectivity index is 4.40. The zero-order chi connectivity index (χ0) is 12.7. The Morgan fingerprint density at radius 3 is 1.62 bits per heavy atom. The molecule has 0 aromatic carbocycles. The molecule has 0 spiro atoms. The van der Waals surface area contributed by atoms with Gasteiger partial charge in [-0.15, -0.1) is 0 Å². The average Bonchev–Trinajstić information content (AvgIpc) is 1.97. The van der Waals surface area contributed by atoms with Crippen molar-refractivity contribution in [1.29, 1.82) is 0 Å². The van der Waals surface area contributed by atoms with Crippen LogP contribution in [0.4, 0.5) is 0 Å². The first-order valence-electron chi connectivity index (χ1n) is 5.73. The second-order valence-electron chi connectivity index (χ2n) is 4.42. The van der Waals surface area contributed by atoms with E-state index in [1.54, 1.807) is 0 Å². The van der Waals surface area contributed by atoms with Gasteiger partial charge in [0.15, 0.2) is 0 Å². The Labute approximate surface area is 113 Å². The molecule has 0 aromatic heterocycles. The summed E-state index contributed by atoms with van der Waals surface area (Å²) in [5, 5.41) is 0. The SMILES string of the molecule is CC(C)OC(=C[CH]([Sn])OC(C)C)OC(C)C. The van der Waals surface area contributed by atoms with E-state index in [-0.39, 0.29) is 22.4 Å². The predicted molar refractivity (Wildman–Crippen MR) is 66.3 cm³/mol. The van der Waals surface area contributed by atoms with Crippen LogP contribution in [-0.2, 0) is 14.2 Å². The van der Waals surface area contributed by atoms with E-state index < -0.39 is 0 Å². The quantitative estimate of drug-likeness (QED) is 0.529. The summed E-state index contributed by atoms with van der Waals surface area (Å²) < 4.78 is 16.9. The molecule has 0 aliphatic heterocycles. The van der Waals surface area contributed by atoms with Crippen LogP contribution in [0, 0.1) is 0 Å². The zero-order valence-corrected chi connectivity index (χ0v) is 14.0. The fourth-order valence-electron chi connectivity index (χ4n) is 1.03. The summed E-state index contributed by atoms with van der Waals surface area (Å²) in [4.78, 5) is 0. The van der Waals surface area contributed by atoms with Crippen LogP contribution < -0.4 is 0 Å². The van der Waals surface area contributed by atoms with Crippen molar-refractivity contribution in [2.24, 2.45) is 0 Å². The summed E-state index contributed by atoms with van der Waals surface area (Å²) in [6.45, 7) is 12.0. The summed E-state index contributed by atoms with van der Waals surface area (Å²) >= 11 is 1.30. The van der Waals surface area contributed by atoms with Crippen LogP contribution in [0.15, 0.2) is 12.0 Å². The van der Waals surface area contributed by atoms with Gasteiger partial charge < -0.3 is 0 Å². The van der Waals surface area contributed by atoms with Gasteiger partial charge in [-0.1, -0.05) is 0 Å². The van der Waals surface area contributed by atoms with Crippen LogP contribution in [0.1, 0.15) is 41.5 Å². The van der Waals surface area contributed by atoms with Crippen molar-refractivity contribution in [2.75, 3.05) is 0 Å². The van der Waals surface area contributed by atoms with Crippen LogP contribution in [-0.4, -0.2) is 45.0 Å². The molecule has 1 unspecified atom stereocenters. The summed E-state index contributed by atoms with van der Waals surface area (Å²) in [6.07, 6.45) is 2.37. The summed E-state index contributed by atoms with van der Waals surface area (Å²) in [7, 11) is 0. The van der Waals surface area contributed by atoms with E-state index in [0.29, 0.717) is 5.95 Å². The molecule has 0 amide bonds. The standard InChI is InChI=1S/C12H23O3.Sn/c1-9(2)13-8-7-12(14-10(3)4)15-11(5)6;/h7-11H,1-6H3;. The second-order valence-corrected chi connectivity index (χ2v) is 6.05. The molecule has 0 aromatic rings. The average molecular weight is 334 g/mol. The minimum atomic E-state index is 0.0831. The maximum atomic E-state index is 5.65. The monoisotopic (exact) mass is 335 g/mol. The first-order chi connectivity index (χ1) is 7.31. The molecule has 3 nitrogen and oxygen atoms in total. The molecule has 3 radical (unpaired) electrons. The third kappa shape index (κ3) is 9.33. The van der Waals surface area contributed by atoms with E-state index in [2.05, 4.69) is 0 Å². The third-order valence-corrected chi connectivity index (χ3v) is 2.27. The molecule has 0 saturated heterocycles. The van der Waals surface area contributed by atoms with Crippen LogP contribution in [0.3, 0.4) is 0 Å². The molecule has 0 bridgehead atoms. The normalized spacial score (nSPS) is 13.1. The molecule has 1 atom stereocenters. The van der Waals surface area contributed by atoms with Gasteiger partial charge in [-0.25, -0.2) is 0 Å². The number of rotatable bonds is 7. The van der Waals surface area contributed by atoms with Crippen molar-refractivity contribution < 1.29 is 14.2 Å².